The van der Waals surface area contributed by atoms with Gasteiger partial charge in [-0.25, -0.2) is 4.79 Å². The first-order valence-electron chi connectivity index (χ1n) is 5.76. The fourth-order valence-corrected chi connectivity index (χ4v) is 2.36. The average Bonchev–Trinajstić information content (AvgIpc) is 2.82. The number of hydrogen-bond donors (Lipinski definition) is 2. The molecule has 0 aliphatic carbocycles. The molecule has 0 radical (unpaired) electrons. The zero-order valence-electron chi connectivity index (χ0n) is 10.9. The second-order valence-corrected chi connectivity index (χ2v) is 5.15. The Hall–Kier alpha value is -1.73. The summed E-state index contributed by atoms with van der Waals surface area (Å²) in [5, 5.41) is 9.52. The maximum Gasteiger partial charge on any atom is 0.319 e. The second kappa shape index (κ2) is 6.62. The Morgan fingerprint density at radius 1 is 1.50 bits per heavy atom. The van der Waals surface area contributed by atoms with Gasteiger partial charge in [0, 0.05) is 10.6 Å². The van der Waals surface area contributed by atoms with Crippen molar-refractivity contribution in [3.63, 3.8) is 0 Å². The molecule has 0 fully saturated rings. The Labute approximate surface area is 125 Å². The molecule has 0 spiro atoms. The second-order valence-electron chi connectivity index (χ2n) is 3.89. The zero-order valence-corrected chi connectivity index (χ0v) is 12.5. The number of thioether (sulfide) groups is 1. The van der Waals surface area contributed by atoms with Crippen molar-refractivity contribution in [2.75, 3.05) is 11.6 Å². The molecule has 0 unspecified atom stereocenters. The van der Waals surface area contributed by atoms with Gasteiger partial charge in [0.25, 0.3) is 0 Å². The number of rotatable bonds is 4. The summed E-state index contributed by atoms with van der Waals surface area (Å²) >= 11 is 7.61. The number of urea groups is 1. The molecule has 106 valence electrons. The Bertz CT molecular complexity index is 617. The van der Waals surface area contributed by atoms with Gasteiger partial charge in [0.05, 0.1) is 11.6 Å². The maximum absolute atomic E-state index is 11.7. The molecule has 2 N–H and O–H groups in total. The first kappa shape index (κ1) is 14.7. The molecule has 1 aromatic heterocycles. The van der Waals surface area contributed by atoms with Gasteiger partial charge < -0.3 is 15.2 Å². The van der Waals surface area contributed by atoms with E-state index in [4.69, 9.17) is 16.1 Å². The van der Waals surface area contributed by atoms with Crippen molar-refractivity contribution in [3.05, 3.63) is 34.9 Å². The first-order chi connectivity index (χ1) is 9.58. The summed E-state index contributed by atoms with van der Waals surface area (Å²) in [6.07, 6.45) is 1.94. The SMILES string of the molecule is CSc1ccc(NC(=O)NCc2nc(C)no2)cc1Cl. The first-order valence-corrected chi connectivity index (χ1v) is 7.36. The molecule has 8 heteroatoms. The van der Waals surface area contributed by atoms with Crippen molar-refractivity contribution in [1.82, 2.24) is 15.5 Å². The third kappa shape index (κ3) is 3.88. The van der Waals surface area contributed by atoms with Crippen LogP contribution in [-0.2, 0) is 6.54 Å². The van der Waals surface area contributed by atoms with E-state index in [0.717, 1.165) is 4.90 Å². The quantitative estimate of drug-likeness (QED) is 0.848. The standard InChI is InChI=1S/C12H13ClN4O2S/c1-7-15-11(19-17-7)6-14-12(18)16-8-3-4-10(20-2)9(13)5-8/h3-5H,6H2,1-2H3,(H2,14,16,18). The molecule has 1 aromatic carbocycles. The largest absolute Gasteiger partial charge is 0.337 e. The van der Waals surface area contributed by atoms with E-state index in [0.29, 0.717) is 22.4 Å². The predicted octanol–water partition coefficient (Wildman–Crippen LogP) is 3.08. The van der Waals surface area contributed by atoms with Crippen molar-refractivity contribution in [3.8, 4) is 0 Å². The van der Waals surface area contributed by atoms with E-state index >= 15 is 0 Å². The minimum Gasteiger partial charge on any atom is -0.337 e. The molecular weight excluding hydrogens is 300 g/mol. The van der Waals surface area contributed by atoms with Gasteiger partial charge in [-0.3, -0.25) is 0 Å². The predicted molar refractivity (Wildman–Crippen MR) is 78.1 cm³/mol. The van der Waals surface area contributed by atoms with Crippen LogP contribution < -0.4 is 10.6 Å². The number of nitrogens with zero attached hydrogens (tertiary/aromatic N) is 2. The van der Waals surface area contributed by atoms with Crippen LogP contribution in [0.2, 0.25) is 5.02 Å². The van der Waals surface area contributed by atoms with E-state index in [1.54, 1.807) is 30.8 Å². The lowest BCUT2D eigenvalue weighted by Gasteiger charge is -2.07. The molecule has 1 heterocycles. The van der Waals surface area contributed by atoms with Crippen molar-refractivity contribution in [1.29, 1.82) is 0 Å². The van der Waals surface area contributed by atoms with Crippen LogP contribution in [0.5, 0.6) is 0 Å². The van der Waals surface area contributed by atoms with E-state index in [1.807, 2.05) is 12.3 Å². The van der Waals surface area contributed by atoms with Gasteiger partial charge in [-0.1, -0.05) is 16.8 Å². The molecule has 0 aliphatic rings. The minimum absolute atomic E-state index is 0.170. The van der Waals surface area contributed by atoms with Crippen LogP contribution in [-0.4, -0.2) is 22.4 Å². The van der Waals surface area contributed by atoms with Gasteiger partial charge in [0.15, 0.2) is 5.82 Å². The van der Waals surface area contributed by atoms with Crippen molar-refractivity contribution >= 4 is 35.1 Å². The number of benzene rings is 1. The summed E-state index contributed by atoms with van der Waals surface area (Å²) in [7, 11) is 0. The van der Waals surface area contributed by atoms with E-state index in [9.17, 15) is 4.79 Å². The molecule has 2 aromatic rings. The molecule has 0 bridgehead atoms. The topological polar surface area (TPSA) is 80.0 Å². The molecule has 20 heavy (non-hydrogen) atoms. The lowest BCUT2D eigenvalue weighted by Crippen LogP contribution is -2.28. The highest BCUT2D eigenvalue weighted by molar-refractivity contribution is 7.98. The fourth-order valence-electron chi connectivity index (χ4n) is 1.49. The fraction of sp³-hybridized carbons (Fsp3) is 0.250. The summed E-state index contributed by atoms with van der Waals surface area (Å²) in [6, 6.07) is 4.97. The highest BCUT2D eigenvalue weighted by Crippen LogP contribution is 2.27. The molecule has 0 saturated heterocycles. The van der Waals surface area contributed by atoms with Crippen molar-refractivity contribution in [2.45, 2.75) is 18.4 Å². The van der Waals surface area contributed by atoms with Crippen LogP contribution in [0.1, 0.15) is 11.7 Å². The van der Waals surface area contributed by atoms with Gasteiger partial charge in [-0.05, 0) is 31.4 Å². The number of hydrogen-bond acceptors (Lipinski definition) is 5. The van der Waals surface area contributed by atoms with Crippen molar-refractivity contribution in [2.24, 2.45) is 0 Å². The summed E-state index contributed by atoms with van der Waals surface area (Å²) in [5.74, 6) is 0.884. The number of aromatic nitrogens is 2. The van der Waals surface area contributed by atoms with Gasteiger partial charge in [-0.2, -0.15) is 4.98 Å². The molecule has 6 nitrogen and oxygen atoms in total. The molecule has 2 amide bonds. The van der Waals surface area contributed by atoms with E-state index in [1.165, 1.54) is 0 Å². The third-order valence-corrected chi connectivity index (χ3v) is 3.60. The van der Waals surface area contributed by atoms with Crippen LogP contribution in [0, 0.1) is 6.92 Å². The Balaban J connectivity index is 1.89. The Kier molecular flexibility index (Phi) is 4.86. The monoisotopic (exact) mass is 312 g/mol. The number of halogens is 1. The van der Waals surface area contributed by atoms with Gasteiger partial charge >= 0.3 is 6.03 Å². The van der Waals surface area contributed by atoms with E-state index in [2.05, 4.69) is 20.8 Å². The summed E-state index contributed by atoms with van der Waals surface area (Å²) < 4.78 is 4.89. The molecular formula is C12H13ClN4O2S. The molecule has 2 rings (SSSR count). The highest BCUT2D eigenvalue weighted by atomic mass is 35.5. The minimum atomic E-state index is -0.367. The van der Waals surface area contributed by atoms with Gasteiger partial charge in [0.1, 0.15) is 0 Å². The molecule has 0 atom stereocenters. The van der Waals surface area contributed by atoms with Crippen LogP contribution in [0.3, 0.4) is 0 Å². The number of aryl methyl sites for hydroxylation is 1. The van der Waals surface area contributed by atoms with Crippen LogP contribution in [0.4, 0.5) is 10.5 Å². The number of amides is 2. The lowest BCUT2D eigenvalue weighted by molar-refractivity contribution is 0.249. The lowest BCUT2D eigenvalue weighted by atomic mass is 10.3. The van der Waals surface area contributed by atoms with Crippen LogP contribution >= 0.6 is 23.4 Å². The summed E-state index contributed by atoms with van der Waals surface area (Å²) in [6.45, 7) is 1.88. The van der Waals surface area contributed by atoms with Gasteiger partial charge in [-0.15, -0.1) is 11.8 Å². The summed E-state index contributed by atoms with van der Waals surface area (Å²) in [5.41, 5.74) is 0.618. The average molecular weight is 313 g/mol. The smallest absolute Gasteiger partial charge is 0.319 e. The third-order valence-electron chi connectivity index (χ3n) is 2.38. The summed E-state index contributed by atoms with van der Waals surface area (Å²) in [4.78, 5) is 16.6. The van der Waals surface area contributed by atoms with Gasteiger partial charge in [0.2, 0.25) is 5.89 Å². The van der Waals surface area contributed by atoms with Crippen LogP contribution in [0.15, 0.2) is 27.6 Å². The van der Waals surface area contributed by atoms with E-state index < -0.39 is 0 Å². The molecule has 0 aliphatic heterocycles. The normalized spacial score (nSPS) is 10.3. The molecule has 0 saturated carbocycles. The Morgan fingerprint density at radius 3 is 2.90 bits per heavy atom. The highest BCUT2D eigenvalue weighted by Gasteiger charge is 2.07. The Morgan fingerprint density at radius 2 is 2.30 bits per heavy atom. The number of nitrogens with one attached hydrogen (secondary N) is 2. The van der Waals surface area contributed by atoms with Crippen LogP contribution in [0.25, 0.3) is 0 Å². The maximum atomic E-state index is 11.7. The van der Waals surface area contributed by atoms with Crippen molar-refractivity contribution < 1.29 is 9.32 Å². The number of anilines is 1. The zero-order chi connectivity index (χ0) is 14.5. The van der Waals surface area contributed by atoms with E-state index in [-0.39, 0.29) is 12.6 Å². The number of carbonyl (C=O) groups excluding carboxylic acids is 1. The number of carbonyl (C=O) groups is 1.